The summed E-state index contributed by atoms with van der Waals surface area (Å²) in [7, 11) is 0. The number of halogens is 1. The second kappa shape index (κ2) is 7.09. The largest absolute Gasteiger partial charge is 0.463 e. The van der Waals surface area contributed by atoms with Crippen molar-refractivity contribution in [1.82, 2.24) is 0 Å². The minimum atomic E-state index is -0.516. The predicted molar refractivity (Wildman–Crippen MR) is 77.0 cm³/mol. The summed E-state index contributed by atoms with van der Waals surface area (Å²) in [5, 5.41) is 13.8. The zero-order valence-electron chi connectivity index (χ0n) is 11.6. The van der Waals surface area contributed by atoms with Gasteiger partial charge in [0.2, 0.25) is 0 Å². The normalized spacial score (nSPS) is 12.1. The topological polar surface area (TPSA) is 81.5 Å². The maximum atomic E-state index is 11.6. The molecule has 0 aliphatic rings. The highest BCUT2D eigenvalue weighted by molar-refractivity contribution is 6.33. The van der Waals surface area contributed by atoms with E-state index in [4.69, 9.17) is 16.3 Å². The van der Waals surface area contributed by atoms with Crippen LogP contribution in [0.5, 0.6) is 0 Å². The van der Waals surface area contributed by atoms with Gasteiger partial charge in [-0.2, -0.15) is 0 Å². The molecular weight excluding hydrogens is 284 g/mol. The number of benzene rings is 1. The third kappa shape index (κ3) is 4.70. The highest BCUT2D eigenvalue weighted by Gasteiger charge is 2.16. The molecule has 0 aliphatic carbocycles. The Morgan fingerprint density at radius 2 is 2.10 bits per heavy atom. The molecule has 20 heavy (non-hydrogen) atoms. The van der Waals surface area contributed by atoms with E-state index in [9.17, 15) is 14.9 Å². The van der Waals surface area contributed by atoms with Crippen molar-refractivity contribution in [2.75, 3.05) is 11.9 Å². The van der Waals surface area contributed by atoms with Gasteiger partial charge in [-0.3, -0.25) is 14.9 Å². The minimum absolute atomic E-state index is 0.0761. The molecule has 1 N–H and O–H groups in total. The molecule has 0 bridgehead atoms. The fourth-order valence-electron chi connectivity index (χ4n) is 1.46. The van der Waals surface area contributed by atoms with Gasteiger partial charge in [0, 0.05) is 18.7 Å². The number of nitro benzene ring substituents is 1. The lowest BCUT2D eigenvalue weighted by Crippen LogP contribution is -2.25. The van der Waals surface area contributed by atoms with Crippen LogP contribution in [0.15, 0.2) is 18.2 Å². The standard InChI is InChI=1S/C13H17ClN2O4/c1-8(2)20-13(17)9(3)7-15-12-5-4-10(16(18)19)6-11(12)14/h4-6,8-9,15H,7H2,1-3H3. The van der Waals surface area contributed by atoms with Crippen LogP contribution in [0.1, 0.15) is 20.8 Å². The molecule has 1 unspecified atom stereocenters. The van der Waals surface area contributed by atoms with Crippen LogP contribution in [0.4, 0.5) is 11.4 Å². The Morgan fingerprint density at radius 1 is 1.45 bits per heavy atom. The summed E-state index contributed by atoms with van der Waals surface area (Å²) >= 11 is 5.94. The molecule has 0 heterocycles. The zero-order valence-corrected chi connectivity index (χ0v) is 12.3. The van der Waals surface area contributed by atoms with Gasteiger partial charge >= 0.3 is 5.97 Å². The van der Waals surface area contributed by atoms with Crippen LogP contribution in [0.2, 0.25) is 5.02 Å². The molecule has 1 aromatic rings. The van der Waals surface area contributed by atoms with E-state index in [-0.39, 0.29) is 28.7 Å². The zero-order chi connectivity index (χ0) is 15.3. The monoisotopic (exact) mass is 300 g/mol. The van der Waals surface area contributed by atoms with Crippen molar-refractivity contribution in [3.63, 3.8) is 0 Å². The molecular formula is C13H17ClN2O4. The molecule has 0 saturated carbocycles. The lowest BCUT2D eigenvalue weighted by Gasteiger charge is -2.15. The van der Waals surface area contributed by atoms with Gasteiger partial charge in [-0.15, -0.1) is 0 Å². The number of nitrogens with zero attached hydrogens (tertiary/aromatic N) is 1. The third-order valence-electron chi connectivity index (χ3n) is 2.52. The number of esters is 1. The molecule has 7 heteroatoms. The lowest BCUT2D eigenvalue weighted by atomic mass is 10.1. The van der Waals surface area contributed by atoms with Gasteiger partial charge < -0.3 is 10.1 Å². The van der Waals surface area contributed by atoms with Gasteiger partial charge in [-0.1, -0.05) is 18.5 Å². The van der Waals surface area contributed by atoms with Crippen molar-refractivity contribution < 1.29 is 14.5 Å². The molecule has 0 amide bonds. The van der Waals surface area contributed by atoms with E-state index in [1.54, 1.807) is 20.8 Å². The van der Waals surface area contributed by atoms with Crippen LogP contribution in [0.25, 0.3) is 0 Å². The Kier molecular flexibility index (Phi) is 5.76. The highest BCUT2D eigenvalue weighted by atomic mass is 35.5. The molecule has 1 atom stereocenters. The number of ether oxygens (including phenoxy) is 1. The Morgan fingerprint density at radius 3 is 2.60 bits per heavy atom. The van der Waals surface area contributed by atoms with Crippen LogP contribution in [0.3, 0.4) is 0 Å². The van der Waals surface area contributed by atoms with E-state index in [0.717, 1.165) is 0 Å². The number of nitrogens with one attached hydrogen (secondary N) is 1. The van der Waals surface area contributed by atoms with Crippen molar-refractivity contribution in [1.29, 1.82) is 0 Å². The summed E-state index contributed by atoms with van der Waals surface area (Å²) in [6.07, 6.45) is -0.159. The summed E-state index contributed by atoms with van der Waals surface area (Å²) in [5.41, 5.74) is 0.467. The quantitative estimate of drug-likeness (QED) is 0.495. The Balaban J connectivity index is 2.62. The van der Waals surface area contributed by atoms with E-state index in [2.05, 4.69) is 5.32 Å². The molecule has 0 aromatic heterocycles. The highest BCUT2D eigenvalue weighted by Crippen LogP contribution is 2.26. The van der Waals surface area contributed by atoms with Gasteiger partial charge in [0.15, 0.2) is 0 Å². The van der Waals surface area contributed by atoms with Crippen molar-refractivity contribution in [2.45, 2.75) is 26.9 Å². The van der Waals surface area contributed by atoms with Crippen molar-refractivity contribution >= 4 is 28.9 Å². The number of rotatable bonds is 6. The molecule has 110 valence electrons. The molecule has 0 aliphatic heterocycles. The second-order valence-electron chi connectivity index (χ2n) is 4.69. The van der Waals surface area contributed by atoms with E-state index in [1.807, 2.05) is 0 Å². The number of nitro groups is 1. The molecule has 1 rings (SSSR count). The number of carbonyl (C=O) groups excluding carboxylic acids is 1. The van der Waals surface area contributed by atoms with Crippen LogP contribution in [-0.4, -0.2) is 23.5 Å². The molecule has 0 fully saturated rings. The smallest absolute Gasteiger partial charge is 0.310 e. The molecule has 0 saturated heterocycles. The molecule has 6 nitrogen and oxygen atoms in total. The van der Waals surface area contributed by atoms with Crippen molar-refractivity contribution in [3.05, 3.63) is 33.3 Å². The molecule has 1 aromatic carbocycles. The summed E-state index contributed by atoms with van der Waals surface area (Å²) in [4.78, 5) is 21.7. The van der Waals surface area contributed by atoms with Gasteiger partial charge in [-0.05, 0) is 19.9 Å². The fraction of sp³-hybridized carbons (Fsp3) is 0.462. The lowest BCUT2D eigenvalue weighted by molar-refractivity contribution is -0.384. The number of hydrogen-bond donors (Lipinski definition) is 1. The van der Waals surface area contributed by atoms with Crippen LogP contribution >= 0.6 is 11.6 Å². The fourth-order valence-corrected chi connectivity index (χ4v) is 1.70. The number of hydrogen-bond acceptors (Lipinski definition) is 5. The second-order valence-corrected chi connectivity index (χ2v) is 5.10. The van der Waals surface area contributed by atoms with Crippen LogP contribution in [-0.2, 0) is 9.53 Å². The summed E-state index contributed by atoms with van der Waals surface area (Å²) in [6, 6.07) is 4.13. The SMILES string of the molecule is CC(C)OC(=O)C(C)CNc1ccc([N+](=O)[O-])cc1Cl. The minimum Gasteiger partial charge on any atom is -0.463 e. The summed E-state index contributed by atoms with van der Waals surface area (Å²) in [5.74, 6) is -0.644. The average Bonchev–Trinajstić information content (AvgIpc) is 2.35. The van der Waals surface area contributed by atoms with E-state index < -0.39 is 4.92 Å². The first kappa shape index (κ1) is 16.2. The van der Waals surface area contributed by atoms with Crippen LogP contribution in [0, 0.1) is 16.0 Å². The summed E-state index contributed by atoms with van der Waals surface area (Å²) in [6.45, 7) is 5.64. The van der Waals surface area contributed by atoms with E-state index in [0.29, 0.717) is 12.2 Å². The van der Waals surface area contributed by atoms with E-state index in [1.165, 1.54) is 18.2 Å². The number of carbonyl (C=O) groups is 1. The number of non-ortho nitro benzene ring substituents is 1. The molecule has 0 radical (unpaired) electrons. The number of anilines is 1. The first-order chi connectivity index (χ1) is 9.31. The first-order valence-corrected chi connectivity index (χ1v) is 6.57. The predicted octanol–water partition coefficient (Wildman–Crippen LogP) is 3.25. The van der Waals surface area contributed by atoms with Gasteiger partial charge in [-0.25, -0.2) is 0 Å². The van der Waals surface area contributed by atoms with Gasteiger partial charge in [0.05, 0.1) is 27.7 Å². The average molecular weight is 301 g/mol. The van der Waals surface area contributed by atoms with Gasteiger partial charge in [0.25, 0.3) is 5.69 Å². The maximum Gasteiger partial charge on any atom is 0.310 e. The van der Waals surface area contributed by atoms with E-state index >= 15 is 0 Å². The van der Waals surface area contributed by atoms with Crippen molar-refractivity contribution in [3.8, 4) is 0 Å². The Bertz CT molecular complexity index is 505. The van der Waals surface area contributed by atoms with Crippen molar-refractivity contribution in [2.24, 2.45) is 5.92 Å². The maximum absolute atomic E-state index is 11.6. The Labute approximate surface area is 122 Å². The third-order valence-corrected chi connectivity index (χ3v) is 2.83. The Hall–Kier alpha value is -1.82. The van der Waals surface area contributed by atoms with Crippen LogP contribution < -0.4 is 5.32 Å². The first-order valence-electron chi connectivity index (χ1n) is 6.19. The van der Waals surface area contributed by atoms with Gasteiger partial charge in [0.1, 0.15) is 0 Å². The summed E-state index contributed by atoms with van der Waals surface area (Å²) < 4.78 is 5.08. The molecule has 0 spiro atoms.